The van der Waals surface area contributed by atoms with E-state index in [1.54, 1.807) is 7.11 Å². The third kappa shape index (κ3) is 4.76. The predicted octanol–water partition coefficient (Wildman–Crippen LogP) is -0.289. The van der Waals surface area contributed by atoms with Gasteiger partial charge < -0.3 is 14.8 Å². The van der Waals surface area contributed by atoms with Crippen LogP contribution in [0.1, 0.15) is 6.42 Å². The number of methoxy groups -OCH3 is 1. The van der Waals surface area contributed by atoms with Crippen LogP contribution in [0.2, 0.25) is 0 Å². The van der Waals surface area contributed by atoms with E-state index < -0.39 is 9.84 Å². The lowest BCUT2D eigenvalue weighted by atomic mass is 10.3. The van der Waals surface area contributed by atoms with Crippen LogP contribution < -0.4 is 5.32 Å². The molecule has 0 bridgehead atoms. The molecular weight excluding hydrogens is 238 g/mol. The van der Waals surface area contributed by atoms with Crippen LogP contribution in [0.5, 0.6) is 0 Å². The van der Waals surface area contributed by atoms with Crippen molar-refractivity contribution in [2.75, 3.05) is 31.8 Å². The van der Waals surface area contributed by atoms with E-state index in [4.69, 9.17) is 21.7 Å². The van der Waals surface area contributed by atoms with E-state index in [0.717, 1.165) is 0 Å². The van der Waals surface area contributed by atoms with Crippen molar-refractivity contribution in [2.45, 2.75) is 12.5 Å². The molecule has 1 heterocycles. The van der Waals surface area contributed by atoms with Gasteiger partial charge in [-0.3, -0.25) is 0 Å². The van der Waals surface area contributed by atoms with Crippen molar-refractivity contribution < 1.29 is 17.9 Å². The molecule has 1 atom stereocenters. The number of rotatable bonds is 4. The maximum Gasteiger partial charge on any atom is 0.256 e. The summed E-state index contributed by atoms with van der Waals surface area (Å²) in [5.41, 5.74) is 0. The van der Waals surface area contributed by atoms with E-state index >= 15 is 0 Å². The lowest BCUT2D eigenvalue weighted by molar-refractivity contribution is 0.139. The van der Waals surface area contributed by atoms with E-state index in [1.165, 1.54) is 0 Å². The Labute approximate surface area is 95.0 Å². The second-order valence-electron chi connectivity index (χ2n) is 3.37. The zero-order valence-corrected chi connectivity index (χ0v) is 10.2. The summed E-state index contributed by atoms with van der Waals surface area (Å²) in [6.45, 7) is 0.840. The molecule has 1 N–H and O–H groups in total. The van der Waals surface area contributed by atoms with Gasteiger partial charge in [-0.05, 0) is 18.6 Å². The van der Waals surface area contributed by atoms with Gasteiger partial charge in [0.1, 0.15) is 6.61 Å². The molecule has 0 aliphatic carbocycles. The van der Waals surface area contributed by atoms with Crippen LogP contribution in [0.4, 0.5) is 0 Å². The number of nitrogens with one attached hydrogen (secondary N) is 1. The summed E-state index contributed by atoms with van der Waals surface area (Å²) in [4.78, 5) is 0. The molecule has 0 aromatic heterocycles. The summed E-state index contributed by atoms with van der Waals surface area (Å²) in [5.74, 6) is 0.367. The van der Waals surface area contributed by atoms with Crippen molar-refractivity contribution in [1.82, 2.24) is 5.32 Å². The van der Waals surface area contributed by atoms with Crippen LogP contribution in [0.15, 0.2) is 0 Å². The summed E-state index contributed by atoms with van der Waals surface area (Å²) in [6.07, 6.45) is 0.593. The lowest BCUT2D eigenvalue weighted by Gasteiger charge is -2.13. The number of hydrogen-bond acceptors (Lipinski definition) is 5. The Morgan fingerprint density at radius 2 is 2.27 bits per heavy atom. The van der Waals surface area contributed by atoms with Crippen molar-refractivity contribution in [2.24, 2.45) is 0 Å². The van der Waals surface area contributed by atoms with Crippen LogP contribution in [0.3, 0.4) is 0 Å². The van der Waals surface area contributed by atoms with Crippen molar-refractivity contribution in [3.63, 3.8) is 0 Å². The molecule has 15 heavy (non-hydrogen) atoms. The molecule has 0 saturated carbocycles. The van der Waals surface area contributed by atoms with E-state index in [9.17, 15) is 8.42 Å². The minimum absolute atomic E-state index is 0.106. The first-order valence-corrected chi connectivity index (χ1v) is 6.89. The molecule has 1 aliphatic rings. The first-order chi connectivity index (χ1) is 7.03. The Balaban J connectivity index is 2.22. The standard InChI is InChI=1S/C8H15NO4S2/c1-12-3-4-13-8(14)9-7-2-5-15(10,11)6-7/h7H,2-6H2,1H3,(H,9,14)/t7-/m0/s1. The van der Waals surface area contributed by atoms with Gasteiger partial charge >= 0.3 is 0 Å². The van der Waals surface area contributed by atoms with Gasteiger partial charge in [0.25, 0.3) is 5.17 Å². The molecule has 0 aromatic rings. The average molecular weight is 253 g/mol. The number of thiocarbonyl (C=S) groups is 1. The van der Waals surface area contributed by atoms with Gasteiger partial charge in [0.15, 0.2) is 9.84 Å². The van der Waals surface area contributed by atoms with Crippen LogP contribution in [0.25, 0.3) is 0 Å². The molecule has 0 radical (unpaired) electrons. The molecule has 0 aromatic carbocycles. The fourth-order valence-corrected chi connectivity index (χ4v) is 3.26. The maximum atomic E-state index is 11.1. The van der Waals surface area contributed by atoms with Crippen molar-refractivity contribution in [1.29, 1.82) is 0 Å². The molecule has 0 unspecified atom stereocenters. The van der Waals surface area contributed by atoms with Crippen LogP contribution in [-0.2, 0) is 19.3 Å². The van der Waals surface area contributed by atoms with Gasteiger partial charge in [0, 0.05) is 13.2 Å². The van der Waals surface area contributed by atoms with E-state index in [0.29, 0.717) is 19.6 Å². The minimum Gasteiger partial charge on any atom is -0.469 e. The molecule has 7 heteroatoms. The Morgan fingerprint density at radius 1 is 1.53 bits per heavy atom. The van der Waals surface area contributed by atoms with Crippen LogP contribution >= 0.6 is 12.2 Å². The molecule has 0 spiro atoms. The molecule has 5 nitrogen and oxygen atoms in total. The smallest absolute Gasteiger partial charge is 0.256 e. The number of hydrogen-bond donors (Lipinski definition) is 1. The second-order valence-corrected chi connectivity index (χ2v) is 5.97. The van der Waals surface area contributed by atoms with E-state index in [2.05, 4.69) is 5.32 Å². The Bertz CT molecular complexity index is 315. The SMILES string of the molecule is COCCOC(=S)N[C@H]1CCS(=O)(=O)C1. The van der Waals surface area contributed by atoms with Gasteiger partial charge in [-0.2, -0.15) is 0 Å². The predicted molar refractivity (Wildman–Crippen MR) is 60.6 cm³/mol. The first kappa shape index (κ1) is 12.7. The first-order valence-electron chi connectivity index (χ1n) is 4.66. The van der Waals surface area contributed by atoms with Crippen molar-refractivity contribution in [3.05, 3.63) is 0 Å². The highest BCUT2D eigenvalue weighted by atomic mass is 32.2. The minimum atomic E-state index is -2.87. The van der Waals surface area contributed by atoms with Gasteiger partial charge in [0.05, 0.1) is 18.1 Å². The largest absolute Gasteiger partial charge is 0.469 e. The topological polar surface area (TPSA) is 64.6 Å². The normalized spacial score (nSPS) is 23.7. The highest BCUT2D eigenvalue weighted by Crippen LogP contribution is 2.11. The quantitative estimate of drug-likeness (QED) is 0.549. The molecule has 1 aliphatic heterocycles. The average Bonchev–Trinajstić information content (AvgIpc) is 2.46. The van der Waals surface area contributed by atoms with Gasteiger partial charge in [-0.15, -0.1) is 0 Å². The lowest BCUT2D eigenvalue weighted by Crippen LogP contribution is -2.36. The zero-order valence-electron chi connectivity index (χ0n) is 8.56. The maximum absolute atomic E-state index is 11.1. The third-order valence-corrected chi connectivity index (χ3v) is 4.08. The molecule has 1 fully saturated rings. The molecule has 88 valence electrons. The summed E-state index contributed by atoms with van der Waals surface area (Å²) < 4.78 is 32.2. The van der Waals surface area contributed by atoms with Crippen molar-refractivity contribution in [3.8, 4) is 0 Å². The summed E-state index contributed by atoms with van der Waals surface area (Å²) in [6, 6.07) is -0.106. The molecule has 1 saturated heterocycles. The summed E-state index contributed by atoms with van der Waals surface area (Å²) in [7, 11) is -1.30. The monoisotopic (exact) mass is 253 g/mol. The van der Waals surface area contributed by atoms with Gasteiger partial charge in [-0.25, -0.2) is 8.42 Å². The van der Waals surface area contributed by atoms with Gasteiger partial charge in [0.2, 0.25) is 0 Å². The molecule has 1 rings (SSSR count). The third-order valence-electron chi connectivity index (χ3n) is 2.08. The van der Waals surface area contributed by atoms with Crippen LogP contribution in [-0.4, -0.2) is 51.5 Å². The zero-order chi connectivity index (χ0) is 11.3. The van der Waals surface area contributed by atoms with Crippen molar-refractivity contribution >= 4 is 27.2 Å². The second kappa shape index (κ2) is 5.62. The summed E-state index contributed by atoms with van der Waals surface area (Å²) >= 11 is 4.90. The Hall–Kier alpha value is -0.400. The fraction of sp³-hybridized carbons (Fsp3) is 0.875. The highest BCUT2D eigenvalue weighted by molar-refractivity contribution is 7.91. The number of sulfone groups is 1. The fourth-order valence-electron chi connectivity index (χ4n) is 1.33. The Morgan fingerprint density at radius 3 is 2.80 bits per heavy atom. The van der Waals surface area contributed by atoms with Crippen LogP contribution in [0, 0.1) is 0 Å². The van der Waals surface area contributed by atoms with Gasteiger partial charge in [-0.1, -0.05) is 0 Å². The summed E-state index contributed by atoms with van der Waals surface area (Å²) in [5, 5.41) is 3.11. The van der Waals surface area contributed by atoms with E-state index in [1.807, 2.05) is 0 Å². The Kier molecular flexibility index (Phi) is 4.75. The van der Waals surface area contributed by atoms with E-state index in [-0.39, 0.29) is 22.7 Å². The number of ether oxygens (including phenoxy) is 2. The molecular formula is C8H15NO4S2. The molecule has 0 amide bonds. The highest BCUT2D eigenvalue weighted by Gasteiger charge is 2.28.